The second kappa shape index (κ2) is 9.05. The molecule has 21 heavy (non-hydrogen) atoms. The Hall–Kier alpha value is -1.07. The standard InChI is InChI=1S/C16H27NO3S/c1-4-11-17-14(3)15-7-9-16(10-8-15)20-12-6-13-21(18,19)5-2/h7-10,14,17H,4-6,11-13H2,1-3H3. The van der Waals surface area contributed by atoms with Gasteiger partial charge in [-0.15, -0.1) is 0 Å². The number of hydrogen-bond donors (Lipinski definition) is 1. The van der Waals surface area contributed by atoms with Crippen molar-refractivity contribution in [2.45, 2.75) is 39.7 Å². The molecule has 120 valence electrons. The topological polar surface area (TPSA) is 55.4 Å². The highest BCUT2D eigenvalue weighted by Gasteiger charge is 2.07. The summed E-state index contributed by atoms with van der Waals surface area (Å²) in [6.07, 6.45) is 1.65. The highest BCUT2D eigenvalue weighted by molar-refractivity contribution is 7.91. The maximum atomic E-state index is 11.4. The molecule has 0 bridgehead atoms. The minimum Gasteiger partial charge on any atom is -0.494 e. The van der Waals surface area contributed by atoms with Crippen LogP contribution in [0.3, 0.4) is 0 Å². The summed E-state index contributed by atoms with van der Waals surface area (Å²) in [5.74, 6) is 1.18. The Morgan fingerprint density at radius 2 is 1.86 bits per heavy atom. The number of nitrogens with one attached hydrogen (secondary N) is 1. The fraction of sp³-hybridized carbons (Fsp3) is 0.625. The van der Waals surface area contributed by atoms with Crippen LogP contribution in [0.25, 0.3) is 0 Å². The summed E-state index contributed by atoms with van der Waals surface area (Å²) in [6.45, 7) is 7.40. The molecule has 1 rings (SSSR count). The lowest BCUT2D eigenvalue weighted by atomic mass is 10.1. The molecular formula is C16H27NO3S. The van der Waals surface area contributed by atoms with Crippen molar-refractivity contribution < 1.29 is 13.2 Å². The lowest BCUT2D eigenvalue weighted by molar-refractivity contribution is 0.317. The van der Waals surface area contributed by atoms with Gasteiger partial charge in [-0.25, -0.2) is 8.42 Å². The van der Waals surface area contributed by atoms with Gasteiger partial charge in [0.05, 0.1) is 12.4 Å². The van der Waals surface area contributed by atoms with Crippen LogP contribution in [0, 0.1) is 0 Å². The van der Waals surface area contributed by atoms with Crippen molar-refractivity contribution in [2.24, 2.45) is 0 Å². The number of ether oxygens (including phenoxy) is 1. The van der Waals surface area contributed by atoms with E-state index < -0.39 is 9.84 Å². The van der Waals surface area contributed by atoms with Crippen molar-refractivity contribution >= 4 is 9.84 Å². The van der Waals surface area contributed by atoms with E-state index in [4.69, 9.17) is 4.74 Å². The second-order valence-electron chi connectivity index (χ2n) is 5.18. The van der Waals surface area contributed by atoms with E-state index in [0.717, 1.165) is 18.7 Å². The molecule has 4 nitrogen and oxygen atoms in total. The minimum atomic E-state index is -2.89. The van der Waals surface area contributed by atoms with E-state index in [0.29, 0.717) is 19.1 Å². The minimum absolute atomic E-state index is 0.194. The van der Waals surface area contributed by atoms with Crippen LogP contribution < -0.4 is 10.1 Å². The first-order chi connectivity index (χ1) is 9.98. The average molecular weight is 313 g/mol. The normalized spacial score (nSPS) is 13.1. The quantitative estimate of drug-likeness (QED) is 0.675. The fourth-order valence-electron chi connectivity index (χ4n) is 1.94. The van der Waals surface area contributed by atoms with Gasteiger partial charge >= 0.3 is 0 Å². The first kappa shape index (κ1) is 18.0. The van der Waals surface area contributed by atoms with E-state index in [1.54, 1.807) is 6.92 Å². The van der Waals surface area contributed by atoms with Gasteiger partial charge in [-0.2, -0.15) is 0 Å². The maximum absolute atomic E-state index is 11.4. The molecule has 0 aliphatic rings. The number of rotatable bonds is 10. The van der Waals surface area contributed by atoms with Crippen LogP contribution in [-0.4, -0.2) is 33.1 Å². The zero-order valence-corrected chi connectivity index (χ0v) is 14.1. The Balaban J connectivity index is 2.37. The van der Waals surface area contributed by atoms with E-state index in [9.17, 15) is 8.42 Å². The molecule has 0 aromatic heterocycles. The third-order valence-corrected chi connectivity index (χ3v) is 5.18. The summed E-state index contributed by atoms with van der Waals surface area (Å²) in [5, 5.41) is 3.44. The average Bonchev–Trinajstić information content (AvgIpc) is 2.50. The molecule has 0 heterocycles. The molecule has 0 aliphatic heterocycles. The highest BCUT2D eigenvalue weighted by atomic mass is 32.2. The predicted molar refractivity (Wildman–Crippen MR) is 87.6 cm³/mol. The smallest absolute Gasteiger partial charge is 0.150 e. The highest BCUT2D eigenvalue weighted by Crippen LogP contribution is 2.17. The van der Waals surface area contributed by atoms with Gasteiger partial charge in [-0.1, -0.05) is 26.0 Å². The molecule has 0 spiro atoms. The molecule has 5 heteroatoms. The zero-order chi connectivity index (χ0) is 15.7. The molecule has 0 saturated heterocycles. The Morgan fingerprint density at radius 3 is 2.43 bits per heavy atom. The third kappa shape index (κ3) is 6.96. The lowest BCUT2D eigenvalue weighted by Gasteiger charge is -2.14. The van der Waals surface area contributed by atoms with Crippen molar-refractivity contribution in [1.29, 1.82) is 0 Å². The van der Waals surface area contributed by atoms with E-state index in [-0.39, 0.29) is 11.5 Å². The Labute approximate surface area is 128 Å². The molecule has 1 aromatic rings. The number of benzene rings is 1. The van der Waals surface area contributed by atoms with Gasteiger partial charge in [0.15, 0.2) is 0 Å². The summed E-state index contributed by atoms with van der Waals surface area (Å²) in [4.78, 5) is 0. The molecule has 1 aromatic carbocycles. The second-order valence-corrected chi connectivity index (χ2v) is 7.66. The van der Waals surface area contributed by atoms with Crippen LogP contribution in [0.4, 0.5) is 0 Å². The van der Waals surface area contributed by atoms with E-state index in [1.807, 2.05) is 24.3 Å². The molecule has 1 unspecified atom stereocenters. The predicted octanol–water partition coefficient (Wildman–Crippen LogP) is 2.95. The van der Waals surface area contributed by atoms with Gasteiger partial charge in [-0.05, 0) is 44.0 Å². The molecule has 0 fully saturated rings. The van der Waals surface area contributed by atoms with Crippen LogP contribution in [0.1, 0.15) is 45.2 Å². The van der Waals surface area contributed by atoms with Gasteiger partial charge < -0.3 is 10.1 Å². The van der Waals surface area contributed by atoms with Crippen molar-refractivity contribution in [3.05, 3.63) is 29.8 Å². The van der Waals surface area contributed by atoms with Crippen molar-refractivity contribution in [1.82, 2.24) is 5.32 Å². The van der Waals surface area contributed by atoms with Crippen LogP contribution in [0.5, 0.6) is 5.75 Å². The third-order valence-electron chi connectivity index (χ3n) is 3.39. The van der Waals surface area contributed by atoms with Crippen LogP contribution >= 0.6 is 0 Å². The first-order valence-corrected chi connectivity index (χ1v) is 9.47. The number of hydrogen-bond acceptors (Lipinski definition) is 4. The summed E-state index contributed by atoms with van der Waals surface area (Å²) >= 11 is 0. The molecule has 0 aliphatic carbocycles. The summed E-state index contributed by atoms with van der Waals surface area (Å²) in [5.41, 5.74) is 1.23. The fourth-order valence-corrected chi connectivity index (χ4v) is 2.79. The lowest BCUT2D eigenvalue weighted by Crippen LogP contribution is -2.19. The van der Waals surface area contributed by atoms with E-state index in [2.05, 4.69) is 19.2 Å². The summed E-state index contributed by atoms with van der Waals surface area (Å²) in [6, 6.07) is 8.30. The molecule has 0 saturated carbocycles. The largest absolute Gasteiger partial charge is 0.494 e. The van der Waals surface area contributed by atoms with E-state index in [1.165, 1.54) is 5.56 Å². The van der Waals surface area contributed by atoms with Crippen LogP contribution in [0.2, 0.25) is 0 Å². The van der Waals surface area contributed by atoms with Crippen LogP contribution in [-0.2, 0) is 9.84 Å². The summed E-state index contributed by atoms with van der Waals surface area (Å²) < 4.78 is 28.3. The van der Waals surface area contributed by atoms with Crippen molar-refractivity contribution in [3.8, 4) is 5.75 Å². The molecule has 0 amide bonds. The SMILES string of the molecule is CCCNC(C)c1ccc(OCCCS(=O)(=O)CC)cc1. The van der Waals surface area contributed by atoms with Crippen molar-refractivity contribution in [3.63, 3.8) is 0 Å². The van der Waals surface area contributed by atoms with Crippen LogP contribution in [0.15, 0.2) is 24.3 Å². The monoisotopic (exact) mass is 313 g/mol. The van der Waals surface area contributed by atoms with Gasteiger partial charge in [0.2, 0.25) is 0 Å². The number of sulfone groups is 1. The van der Waals surface area contributed by atoms with E-state index >= 15 is 0 Å². The van der Waals surface area contributed by atoms with Gasteiger partial charge in [0, 0.05) is 11.8 Å². The maximum Gasteiger partial charge on any atom is 0.150 e. The molecule has 1 atom stereocenters. The Morgan fingerprint density at radius 1 is 1.19 bits per heavy atom. The first-order valence-electron chi connectivity index (χ1n) is 7.65. The van der Waals surface area contributed by atoms with Crippen molar-refractivity contribution in [2.75, 3.05) is 24.7 Å². The molecule has 1 N–H and O–H groups in total. The van der Waals surface area contributed by atoms with Gasteiger partial charge in [0.1, 0.15) is 15.6 Å². The molecule has 0 radical (unpaired) electrons. The Kier molecular flexibility index (Phi) is 7.75. The van der Waals surface area contributed by atoms with Gasteiger partial charge in [0.25, 0.3) is 0 Å². The Bertz CT molecular complexity index is 497. The zero-order valence-electron chi connectivity index (χ0n) is 13.3. The van der Waals surface area contributed by atoms with Gasteiger partial charge in [-0.3, -0.25) is 0 Å². The molecular weight excluding hydrogens is 286 g/mol. The summed E-state index contributed by atoms with van der Waals surface area (Å²) in [7, 11) is -2.89.